The zero-order chi connectivity index (χ0) is 24.3. The SMILES string of the molecule is Cc1cc(C)c(CNC(=O)c2cc(Br)cc(NC(C)[C@H]3CC[C@H](N(C)C)CC3)c2C)c(=O)[nH]1. The Hall–Kier alpha value is -2.12. The lowest BCUT2D eigenvalue weighted by atomic mass is 9.81. The van der Waals surface area contributed by atoms with Gasteiger partial charge >= 0.3 is 0 Å². The second-order valence-corrected chi connectivity index (χ2v) is 10.6. The predicted molar refractivity (Wildman–Crippen MR) is 139 cm³/mol. The number of aromatic nitrogens is 1. The molecule has 1 amide bonds. The van der Waals surface area contributed by atoms with E-state index in [-0.39, 0.29) is 18.0 Å². The molecule has 0 bridgehead atoms. The fraction of sp³-hybridized carbons (Fsp3) is 0.538. The molecule has 1 aliphatic rings. The Balaban J connectivity index is 1.70. The van der Waals surface area contributed by atoms with Crippen molar-refractivity contribution < 1.29 is 4.79 Å². The van der Waals surface area contributed by atoms with Gasteiger partial charge in [-0.2, -0.15) is 0 Å². The Bertz CT molecular complexity index is 1050. The molecule has 0 aliphatic heterocycles. The standard InChI is InChI=1S/C26H37BrN4O2/c1-15-11-16(2)29-26(33)23(15)14-28-25(32)22-12-20(27)13-24(17(22)3)30-18(4)19-7-9-21(10-8-19)31(5)6/h11-13,18-19,21,30H,7-10,14H2,1-6H3,(H,28,32)(H,29,33)/t18?,19-,21-. The van der Waals surface area contributed by atoms with Crippen LogP contribution in [0.5, 0.6) is 0 Å². The highest BCUT2D eigenvalue weighted by atomic mass is 79.9. The summed E-state index contributed by atoms with van der Waals surface area (Å²) in [6, 6.07) is 6.81. The van der Waals surface area contributed by atoms with Crippen molar-refractivity contribution in [2.75, 3.05) is 19.4 Å². The number of H-pyrrole nitrogens is 1. The number of nitrogens with one attached hydrogen (secondary N) is 3. The van der Waals surface area contributed by atoms with Crippen molar-refractivity contribution in [1.82, 2.24) is 15.2 Å². The van der Waals surface area contributed by atoms with Crippen LogP contribution in [0.2, 0.25) is 0 Å². The van der Waals surface area contributed by atoms with Gasteiger partial charge in [-0.05, 0) is 103 Å². The first kappa shape index (κ1) is 25.5. The van der Waals surface area contributed by atoms with Gasteiger partial charge in [-0.1, -0.05) is 15.9 Å². The third-order valence-corrected chi connectivity index (χ3v) is 7.56. The fourth-order valence-electron chi connectivity index (χ4n) is 4.91. The first-order valence-electron chi connectivity index (χ1n) is 11.8. The van der Waals surface area contributed by atoms with E-state index in [1.165, 1.54) is 25.7 Å². The summed E-state index contributed by atoms with van der Waals surface area (Å²) in [5, 5.41) is 6.61. The largest absolute Gasteiger partial charge is 0.382 e. The first-order valence-corrected chi connectivity index (χ1v) is 12.6. The maximum absolute atomic E-state index is 13.0. The molecule has 0 saturated heterocycles. The second kappa shape index (κ2) is 10.9. The summed E-state index contributed by atoms with van der Waals surface area (Å²) in [5.74, 6) is 0.434. The maximum atomic E-state index is 13.0. The van der Waals surface area contributed by atoms with E-state index in [2.05, 4.69) is 57.5 Å². The highest BCUT2D eigenvalue weighted by molar-refractivity contribution is 9.10. The maximum Gasteiger partial charge on any atom is 0.253 e. The lowest BCUT2D eigenvalue weighted by Crippen LogP contribution is -2.36. The summed E-state index contributed by atoms with van der Waals surface area (Å²) in [6.45, 7) is 8.16. The molecule has 7 heteroatoms. The zero-order valence-corrected chi connectivity index (χ0v) is 22.2. The predicted octanol–water partition coefficient (Wildman–Crippen LogP) is 4.91. The Morgan fingerprint density at radius 3 is 2.42 bits per heavy atom. The minimum Gasteiger partial charge on any atom is -0.382 e. The molecule has 0 radical (unpaired) electrons. The van der Waals surface area contributed by atoms with Crippen LogP contribution < -0.4 is 16.2 Å². The lowest BCUT2D eigenvalue weighted by Gasteiger charge is -2.36. The molecule has 2 aromatic rings. The van der Waals surface area contributed by atoms with Gasteiger partial charge in [-0.25, -0.2) is 0 Å². The molecule has 0 spiro atoms. The average molecular weight is 518 g/mol. The molecule has 1 aromatic heterocycles. The van der Waals surface area contributed by atoms with Crippen molar-refractivity contribution in [3.05, 3.63) is 61.0 Å². The molecule has 6 nitrogen and oxygen atoms in total. The van der Waals surface area contributed by atoms with Crippen molar-refractivity contribution in [3.63, 3.8) is 0 Å². The van der Waals surface area contributed by atoms with Gasteiger partial charge in [0.25, 0.3) is 11.5 Å². The van der Waals surface area contributed by atoms with Gasteiger partial charge in [0.1, 0.15) is 0 Å². The van der Waals surface area contributed by atoms with Crippen LogP contribution in [0.4, 0.5) is 5.69 Å². The monoisotopic (exact) mass is 516 g/mol. The Kier molecular flexibility index (Phi) is 8.40. The molecule has 33 heavy (non-hydrogen) atoms. The van der Waals surface area contributed by atoms with Crippen LogP contribution >= 0.6 is 15.9 Å². The van der Waals surface area contributed by atoms with Gasteiger partial charge in [0, 0.05) is 45.6 Å². The van der Waals surface area contributed by atoms with Crippen molar-refractivity contribution in [2.45, 2.75) is 72.0 Å². The zero-order valence-electron chi connectivity index (χ0n) is 20.6. The molecule has 1 aliphatic carbocycles. The lowest BCUT2D eigenvalue weighted by molar-refractivity contribution is 0.0950. The molecule has 1 heterocycles. The van der Waals surface area contributed by atoms with E-state index in [1.54, 1.807) is 0 Å². The van der Waals surface area contributed by atoms with E-state index in [0.717, 1.165) is 27.0 Å². The molecule has 3 rings (SSSR count). The quantitative estimate of drug-likeness (QED) is 0.488. The van der Waals surface area contributed by atoms with Crippen LogP contribution in [0.1, 0.15) is 65.3 Å². The second-order valence-electron chi connectivity index (χ2n) is 9.72. The van der Waals surface area contributed by atoms with Crippen LogP contribution in [0, 0.1) is 26.7 Å². The highest BCUT2D eigenvalue weighted by Gasteiger charge is 2.27. The van der Waals surface area contributed by atoms with Gasteiger partial charge < -0.3 is 20.5 Å². The molecule has 1 saturated carbocycles. The number of amides is 1. The molecule has 1 fully saturated rings. The Morgan fingerprint density at radius 1 is 1.15 bits per heavy atom. The molecule has 3 N–H and O–H groups in total. The van der Waals surface area contributed by atoms with Crippen LogP contribution in [0.15, 0.2) is 27.5 Å². The number of rotatable bonds is 7. The van der Waals surface area contributed by atoms with Gasteiger partial charge in [-0.15, -0.1) is 0 Å². The number of hydrogen-bond acceptors (Lipinski definition) is 4. The summed E-state index contributed by atoms with van der Waals surface area (Å²) >= 11 is 3.57. The number of carbonyl (C=O) groups is 1. The summed E-state index contributed by atoms with van der Waals surface area (Å²) in [5.41, 5.74) is 4.62. The van der Waals surface area contributed by atoms with Gasteiger partial charge in [0.05, 0.1) is 0 Å². The molecule has 180 valence electrons. The number of aromatic amines is 1. The highest BCUT2D eigenvalue weighted by Crippen LogP contribution is 2.32. The minimum atomic E-state index is -0.185. The Labute approximate surface area is 205 Å². The van der Waals surface area contributed by atoms with Crippen molar-refractivity contribution in [3.8, 4) is 0 Å². The third kappa shape index (κ3) is 6.27. The number of pyridine rings is 1. The smallest absolute Gasteiger partial charge is 0.253 e. The summed E-state index contributed by atoms with van der Waals surface area (Å²) in [6.07, 6.45) is 4.88. The topological polar surface area (TPSA) is 77.2 Å². The van der Waals surface area contributed by atoms with Gasteiger partial charge in [-0.3, -0.25) is 9.59 Å². The molecule has 1 unspecified atom stereocenters. The normalized spacial score (nSPS) is 19.4. The molecule has 1 aromatic carbocycles. The van der Waals surface area contributed by atoms with Crippen LogP contribution in [-0.4, -0.2) is 42.0 Å². The summed E-state index contributed by atoms with van der Waals surface area (Å²) in [4.78, 5) is 30.5. The van der Waals surface area contributed by atoms with Gasteiger partial charge in [0.2, 0.25) is 0 Å². The van der Waals surface area contributed by atoms with E-state index in [9.17, 15) is 9.59 Å². The average Bonchev–Trinajstić information content (AvgIpc) is 2.75. The van der Waals surface area contributed by atoms with E-state index >= 15 is 0 Å². The number of hydrogen-bond donors (Lipinski definition) is 3. The summed E-state index contributed by atoms with van der Waals surface area (Å²) in [7, 11) is 4.33. The number of carbonyl (C=O) groups excluding carboxylic acids is 1. The number of nitrogens with zero attached hydrogens (tertiary/aromatic N) is 1. The van der Waals surface area contributed by atoms with Crippen LogP contribution in [0.25, 0.3) is 0 Å². The van der Waals surface area contributed by atoms with Crippen molar-refractivity contribution in [1.29, 1.82) is 0 Å². The summed E-state index contributed by atoms with van der Waals surface area (Å²) < 4.78 is 0.855. The van der Waals surface area contributed by atoms with E-state index in [0.29, 0.717) is 29.1 Å². The number of anilines is 1. The van der Waals surface area contributed by atoms with E-state index < -0.39 is 0 Å². The van der Waals surface area contributed by atoms with Crippen LogP contribution in [-0.2, 0) is 6.54 Å². The number of aryl methyl sites for hydroxylation is 2. The number of benzene rings is 1. The van der Waals surface area contributed by atoms with Crippen molar-refractivity contribution in [2.24, 2.45) is 5.92 Å². The number of halogens is 1. The van der Waals surface area contributed by atoms with E-state index in [1.807, 2.05) is 39.0 Å². The van der Waals surface area contributed by atoms with E-state index in [4.69, 9.17) is 0 Å². The molecule has 1 atom stereocenters. The Morgan fingerprint density at radius 2 is 1.82 bits per heavy atom. The fourth-order valence-corrected chi connectivity index (χ4v) is 5.37. The minimum absolute atomic E-state index is 0.154. The molecular formula is C26H37BrN4O2. The first-order chi connectivity index (χ1) is 15.6. The van der Waals surface area contributed by atoms with Gasteiger partial charge in [0.15, 0.2) is 0 Å². The van der Waals surface area contributed by atoms with Crippen molar-refractivity contribution >= 4 is 27.5 Å². The molecular weight excluding hydrogens is 480 g/mol. The third-order valence-electron chi connectivity index (χ3n) is 7.10. The van der Waals surface area contributed by atoms with Crippen LogP contribution in [0.3, 0.4) is 0 Å².